The van der Waals surface area contributed by atoms with Gasteiger partial charge >= 0.3 is 12.1 Å². The number of hydrogen-bond acceptors (Lipinski definition) is 7. The smallest absolute Gasteiger partial charge is 0.408 e. The third kappa shape index (κ3) is 7.49. The van der Waals surface area contributed by atoms with Crippen LogP contribution >= 0.6 is 0 Å². The summed E-state index contributed by atoms with van der Waals surface area (Å²) in [7, 11) is 0. The van der Waals surface area contributed by atoms with Crippen molar-refractivity contribution >= 4 is 23.6 Å². The van der Waals surface area contributed by atoms with Gasteiger partial charge < -0.3 is 19.8 Å². The molecule has 0 unspecified atom stereocenters. The number of alkyl carbamates (subject to hydrolysis) is 1. The Labute approximate surface area is 281 Å². The molecule has 10 atom stereocenters. The Morgan fingerprint density at radius 3 is 2.34 bits per heavy atom. The Bertz CT molecular complexity index is 1300. The zero-order chi connectivity index (χ0) is 34.3. The minimum atomic E-state index is -0.868. The van der Waals surface area contributed by atoms with Crippen LogP contribution in [0.15, 0.2) is 12.5 Å². The van der Waals surface area contributed by atoms with Crippen LogP contribution in [0.4, 0.5) is 4.79 Å². The number of hydrogen-bond donors (Lipinski definition) is 2. The van der Waals surface area contributed by atoms with Crippen LogP contribution in [0, 0.1) is 52.3 Å². The van der Waals surface area contributed by atoms with Gasteiger partial charge in [-0.3, -0.25) is 14.4 Å². The van der Waals surface area contributed by atoms with E-state index >= 15 is 0 Å². The van der Waals surface area contributed by atoms with Gasteiger partial charge in [0.15, 0.2) is 5.78 Å². The van der Waals surface area contributed by atoms with Gasteiger partial charge in [0.1, 0.15) is 17.5 Å². The molecule has 47 heavy (non-hydrogen) atoms. The summed E-state index contributed by atoms with van der Waals surface area (Å²) in [6, 6.07) is -0.868. The number of rotatable bonds is 10. The Morgan fingerprint density at radius 1 is 1.00 bits per heavy atom. The van der Waals surface area contributed by atoms with Crippen LogP contribution in [0.25, 0.3) is 0 Å². The summed E-state index contributed by atoms with van der Waals surface area (Å²) in [5, 5.41) is 2.73. The maximum atomic E-state index is 13.7. The van der Waals surface area contributed by atoms with Gasteiger partial charge in [0.25, 0.3) is 0 Å². The van der Waals surface area contributed by atoms with E-state index in [0.717, 1.165) is 38.5 Å². The van der Waals surface area contributed by atoms with Crippen molar-refractivity contribution in [2.45, 2.75) is 144 Å². The van der Waals surface area contributed by atoms with Crippen molar-refractivity contribution in [1.82, 2.24) is 15.3 Å². The average Bonchev–Trinajstić information content (AvgIpc) is 3.61. The minimum Gasteiger partial charge on any atom is -0.462 e. The lowest BCUT2D eigenvalue weighted by Gasteiger charge is -2.61. The summed E-state index contributed by atoms with van der Waals surface area (Å²) < 4.78 is 11.7. The number of carbonyl (C=O) groups excluding carboxylic acids is 4. The molecule has 0 spiro atoms. The van der Waals surface area contributed by atoms with Crippen LogP contribution in [-0.2, 0) is 30.3 Å². The summed E-state index contributed by atoms with van der Waals surface area (Å²) >= 11 is 0. The Hall–Kier alpha value is -2.71. The third-order valence-corrected chi connectivity index (χ3v) is 13.0. The summed E-state index contributed by atoms with van der Waals surface area (Å²) in [6.45, 7) is 15.9. The highest BCUT2D eigenvalue weighted by atomic mass is 16.6. The molecule has 4 aliphatic rings. The molecule has 4 saturated carbocycles. The van der Waals surface area contributed by atoms with Crippen LogP contribution in [-0.4, -0.2) is 51.3 Å². The molecule has 2 N–H and O–H groups in total. The fraction of sp³-hybridized carbons (Fsp3) is 0.816. The molecule has 0 radical (unpaired) electrons. The van der Waals surface area contributed by atoms with E-state index in [2.05, 4.69) is 29.1 Å². The number of ether oxygens (including phenoxy) is 2. The summed E-state index contributed by atoms with van der Waals surface area (Å²) in [6.07, 6.45) is 12.3. The molecule has 9 nitrogen and oxygen atoms in total. The Kier molecular flexibility index (Phi) is 10.3. The van der Waals surface area contributed by atoms with Gasteiger partial charge in [0, 0.05) is 30.7 Å². The van der Waals surface area contributed by atoms with Gasteiger partial charge in [0.05, 0.1) is 18.3 Å². The van der Waals surface area contributed by atoms with Gasteiger partial charge in [0.2, 0.25) is 0 Å². The first-order valence-corrected chi connectivity index (χ1v) is 18.2. The fourth-order valence-corrected chi connectivity index (χ4v) is 10.5. The van der Waals surface area contributed by atoms with Crippen molar-refractivity contribution in [2.24, 2.45) is 52.3 Å². The number of amides is 1. The van der Waals surface area contributed by atoms with Gasteiger partial charge in [-0.2, -0.15) is 0 Å². The van der Waals surface area contributed by atoms with Crippen LogP contribution in [0.2, 0.25) is 0 Å². The molecule has 1 heterocycles. The first-order valence-electron chi connectivity index (χ1n) is 18.2. The fourth-order valence-electron chi connectivity index (χ4n) is 10.5. The first-order chi connectivity index (χ1) is 22.0. The highest BCUT2D eigenvalue weighted by molar-refractivity contribution is 5.90. The van der Waals surface area contributed by atoms with Crippen LogP contribution in [0.3, 0.4) is 0 Å². The number of fused-ring (bicyclic) bond motifs is 5. The lowest BCUT2D eigenvalue weighted by atomic mass is 9.44. The van der Waals surface area contributed by atoms with E-state index in [1.165, 1.54) is 25.6 Å². The lowest BCUT2D eigenvalue weighted by Crippen LogP contribution is -2.54. The highest BCUT2D eigenvalue weighted by Crippen LogP contribution is 2.67. The van der Waals surface area contributed by atoms with Crippen molar-refractivity contribution in [3.8, 4) is 0 Å². The van der Waals surface area contributed by atoms with E-state index in [1.807, 2.05) is 13.8 Å². The quantitative estimate of drug-likeness (QED) is 0.255. The van der Waals surface area contributed by atoms with E-state index < -0.39 is 23.7 Å². The van der Waals surface area contributed by atoms with Gasteiger partial charge in [-0.1, -0.05) is 27.7 Å². The lowest BCUT2D eigenvalue weighted by molar-refractivity contribution is -0.169. The molecule has 0 saturated heterocycles. The van der Waals surface area contributed by atoms with Crippen molar-refractivity contribution < 1.29 is 28.7 Å². The van der Waals surface area contributed by atoms with Gasteiger partial charge in [-0.05, 0) is 126 Å². The van der Waals surface area contributed by atoms with Crippen molar-refractivity contribution in [3.63, 3.8) is 0 Å². The maximum absolute atomic E-state index is 13.7. The Balaban J connectivity index is 1.21. The molecule has 1 amide bonds. The number of aromatic nitrogens is 2. The number of nitrogens with one attached hydrogen (secondary N) is 2. The predicted molar refractivity (Wildman–Crippen MR) is 179 cm³/mol. The number of imidazole rings is 1. The molecule has 0 aromatic carbocycles. The number of Topliss-reactive ketones (excluding diaryl/α,β-unsaturated/α-hetero) is 2. The van der Waals surface area contributed by atoms with E-state index in [9.17, 15) is 19.2 Å². The zero-order valence-electron chi connectivity index (χ0n) is 30.0. The number of nitrogens with zero attached hydrogens (tertiary/aromatic N) is 1. The van der Waals surface area contributed by atoms with Crippen LogP contribution in [0.1, 0.15) is 125 Å². The highest BCUT2D eigenvalue weighted by Gasteiger charge is 2.61. The molecule has 9 heteroatoms. The second-order valence-corrected chi connectivity index (χ2v) is 17.3. The second-order valence-electron chi connectivity index (χ2n) is 17.3. The number of carbonyl (C=O) groups is 4. The zero-order valence-corrected chi connectivity index (χ0v) is 30.0. The van der Waals surface area contributed by atoms with Gasteiger partial charge in [-0.25, -0.2) is 9.78 Å². The number of esters is 1. The van der Waals surface area contributed by atoms with E-state index in [4.69, 9.17) is 9.47 Å². The predicted octanol–water partition coefficient (Wildman–Crippen LogP) is 7.24. The second kappa shape index (κ2) is 13.7. The monoisotopic (exact) mass is 653 g/mol. The largest absolute Gasteiger partial charge is 0.462 e. The summed E-state index contributed by atoms with van der Waals surface area (Å²) in [5.74, 6) is 1.87. The maximum Gasteiger partial charge on any atom is 0.408 e. The molecular formula is C38H59N3O6. The normalized spacial score (nSPS) is 34.7. The van der Waals surface area contributed by atoms with E-state index in [1.54, 1.807) is 33.9 Å². The Morgan fingerprint density at radius 2 is 1.70 bits per heavy atom. The molecule has 1 aromatic heterocycles. The molecular weight excluding hydrogens is 594 g/mol. The van der Waals surface area contributed by atoms with E-state index in [0.29, 0.717) is 35.1 Å². The molecule has 262 valence electrons. The number of ketones is 2. The van der Waals surface area contributed by atoms with Gasteiger partial charge in [-0.15, -0.1) is 0 Å². The molecule has 0 bridgehead atoms. The van der Waals surface area contributed by atoms with Crippen LogP contribution in [0.5, 0.6) is 0 Å². The molecule has 1 aromatic rings. The molecule has 4 fully saturated rings. The standard InChI is InChI=1S/C38H59N3O6/c1-22(2)28(19-33(43)32(18-25-20-39-21-40-25)41-35(45)47-36(4,5)6)34(44)46-26-13-15-37(7)24(17-26)9-10-27-30-12-11-29(23(3)42)38(30,8)16-14-31(27)37/h20-22,24,26-32H,9-19H2,1-8H3,(H,39,40)(H,41,45)/t24-,26+,27-,28-,29+,30-,31-,32-,37-,38+/m0/s1. The third-order valence-electron chi connectivity index (χ3n) is 13.0. The van der Waals surface area contributed by atoms with Crippen molar-refractivity contribution in [3.05, 3.63) is 18.2 Å². The number of aromatic amines is 1. The van der Waals surface area contributed by atoms with Crippen molar-refractivity contribution in [2.75, 3.05) is 0 Å². The molecule has 0 aliphatic heterocycles. The summed E-state index contributed by atoms with van der Waals surface area (Å²) in [5.41, 5.74) is 0.392. The summed E-state index contributed by atoms with van der Waals surface area (Å²) in [4.78, 5) is 59.6. The van der Waals surface area contributed by atoms with E-state index in [-0.39, 0.29) is 53.4 Å². The minimum absolute atomic E-state index is 0.0237. The van der Waals surface area contributed by atoms with Crippen LogP contribution < -0.4 is 5.32 Å². The molecule has 4 aliphatic carbocycles. The first kappa shape index (κ1) is 35.6. The number of H-pyrrole nitrogens is 1. The topological polar surface area (TPSA) is 127 Å². The SMILES string of the molecule is CC(=O)[C@H]1CC[C@H]2[C@@H]3CC[C@H]4C[C@H](OC(=O)[C@@H](CC(=O)[C@H](Cc5cnc[nH]5)NC(=O)OC(C)(C)C)C(C)C)CC[C@]4(C)[C@H]3CC[C@]12C. The van der Waals surface area contributed by atoms with Crippen molar-refractivity contribution in [1.29, 1.82) is 0 Å². The average molecular weight is 654 g/mol. The molecule has 5 rings (SSSR count).